The minimum Gasteiger partial charge on any atom is -0.508 e. The SMILES string of the molecule is O=C(CC1(O)C(c2ccc(Br)cc2)=COc2cc(O)cc(O)c21)NO. The number of phenolic OH excluding ortho intramolecular Hbond substituents is 2. The van der Waals surface area contributed by atoms with Crippen molar-refractivity contribution in [3.8, 4) is 17.2 Å². The molecule has 130 valence electrons. The molecule has 0 saturated carbocycles. The van der Waals surface area contributed by atoms with Crippen molar-refractivity contribution in [1.82, 2.24) is 5.48 Å². The number of halogens is 1. The van der Waals surface area contributed by atoms with E-state index < -0.39 is 23.7 Å². The number of ether oxygens (including phenoxy) is 1. The van der Waals surface area contributed by atoms with E-state index in [2.05, 4.69) is 15.9 Å². The van der Waals surface area contributed by atoms with Gasteiger partial charge in [-0.15, -0.1) is 0 Å². The molecule has 0 saturated heterocycles. The number of amides is 1. The summed E-state index contributed by atoms with van der Waals surface area (Å²) >= 11 is 3.32. The lowest BCUT2D eigenvalue weighted by Gasteiger charge is -2.35. The molecular formula is C17H14BrNO6. The first-order chi connectivity index (χ1) is 11.8. The van der Waals surface area contributed by atoms with Crippen LogP contribution < -0.4 is 10.2 Å². The van der Waals surface area contributed by atoms with Gasteiger partial charge in [-0.2, -0.15) is 0 Å². The lowest BCUT2D eigenvalue weighted by Crippen LogP contribution is -2.37. The first-order valence-corrected chi connectivity index (χ1v) is 7.99. The molecule has 2 aromatic rings. The molecule has 1 aliphatic rings. The van der Waals surface area contributed by atoms with Gasteiger partial charge in [0.25, 0.3) is 0 Å². The summed E-state index contributed by atoms with van der Waals surface area (Å²) in [5.41, 5.74) is 0.190. The third-order valence-corrected chi connectivity index (χ3v) is 4.45. The summed E-state index contributed by atoms with van der Waals surface area (Å²) in [7, 11) is 0. The normalized spacial score (nSPS) is 18.8. The standard InChI is InChI=1S/C17H14BrNO6/c18-10-3-1-9(2-4-10)12-8-25-14-6-11(20)5-13(21)16(14)17(12,23)7-15(22)19-24/h1-6,8,20-21,23-24H,7H2,(H,19,22). The second-order valence-corrected chi connectivity index (χ2v) is 6.48. The molecule has 1 atom stereocenters. The van der Waals surface area contributed by atoms with Crippen LogP contribution in [-0.2, 0) is 10.4 Å². The van der Waals surface area contributed by atoms with Crippen molar-refractivity contribution in [3.05, 3.63) is 58.3 Å². The number of hydrogen-bond donors (Lipinski definition) is 5. The number of hydrogen-bond acceptors (Lipinski definition) is 6. The van der Waals surface area contributed by atoms with Gasteiger partial charge in [-0.05, 0) is 17.7 Å². The van der Waals surface area contributed by atoms with E-state index in [-0.39, 0.29) is 22.6 Å². The molecule has 0 bridgehead atoms. The number of nitrogens with one attached hydrogen (secondary N) is 1. The van der Waals surface area contributed by atoms with Crippen LogP contribution in [0.15, 0.2) is 47.1 Å². The van der Waals surface area contributed by atoms with Gasteiger partial charge in [0, 0.05) is 22.2 Å². The van der Waals surface area contributed by atoms with Gasteiger partial charge >= 0.3 is 0 Å². The maximum absolute atomic E-state index is 11.8. The van der Waals surface area contributed by atoms with Crippen LogP contribution >= 0.6 is 15.9 Å². The van der Waals surface area contributed by atoms with E-state index in [0.717, 1.165) is 10.5 Å². The minimum atomic E-state index is -1.98. The van der Waals surface area contributed by atoms with Gasteiger partial charge in [-0.3, -0.25) is 10.0 Å². The van der Waals surface area contributed by atoms with Crippen molar-refractivity contribution in [2.75, 3.05) is 0 Å². The topological polar surface area (TPSA) is 119 Å². The summed E-state index contributed by atoms with van der Waals surface area (Å²) in [6.45, 7) is 0. The molecule has 3 rings (SSSR count). The van der Waals surface area contributed by atoms with Crippen molar-refractivity contribution in [1.29, 1.82) is 0 Å². The Morgan fingerprint density at radius 2 is 1.88 bits per heavy atom. The fraction of sp³-hybridized carbons (Fsp3) is 0.118. The third-order valence-electron chi connectivity index (χ3n) is 3.93. The zero-order valence-corrected chi connectivity index (χ0v) is 14.3. The molecule has 2 aromatic carbocycles. The van der Waals surface area contributed by atoms with Crippen LogP contribution in [0.1, 0.15) is 17.5 Å². The van der Waals surface area contributed by atoms with Gasteiger partial charge in [-0.25, -0.2) is 5.48 Å². The van der Waals surface area contributed by atoms with E-state index >= 15 is 0 Å². The number of aliphatic hydroxyl groups is 1. The number of hydroxylamine groups is 1. The number of fused-ring (bicyclic) bond motifs is 1. The number of benzene rings is 2. The Morgan fingerprint density at radius 1 is 1.20 bits per heavy atom. The van der Waals surface area contributed by atoms with Crippen LogP contribution in [0.5, 0.6) is 17.2 Å². The average Bonchev–Trinajstić information content (AvgIpc) is 2.55. The highest BCUT2D eigenvalue weighted by atomic mass is 79.9. The summed E-state index contributed by atoms with van der Waals surface area (Å²) in [5, 5.41) is 40.0. The lowest BCUT2D eigenvalue weighted by molar-refractivity contribution is -0.133. The Hall–Kier alpha value is -2.55. The lowest BCUT2D eigenvalue weighted by atomic mass is 9.78. The molecule has 7 nitrogen and oxygen atoms in total. The fourth-order valence-corrected chi connectivity index (χ4v) is 3.11. The first kappa shape index (κ1) is 17.3. The molecule has 25 heavy (non-hydrogen) atoms. The second kappa shape index (κ2) is 6.40. The van der Waals surface area contributed by atoms with Crippen molar-refractivity contribution in [2.24, 2.45) is 0 Å². The quantitative estimate of drug-likeness (QED) is 0.393. The van der Waals surface area contributed by atoms with Crippen LogP contribution in [-0.4, -0.2) is 26.4 Å². The van der Waals surface area contributed by atoms with Gasteiger partial charge in [0.2, 0.25) is 5.91 Å². The highest BCUT2D eigenvalue weighted by Gasteiger charge is 2.44. The maximum atomic E-state index is 11.8. The Bertz CT molecular complexity index is 864. The zero-order valence-electron chi connectivity index (χ0n) is 12.7. The van der Waals surface area contributed by atoms with Crippen LogP contribution in [0.4, 0.5) is 0 Å². The van der Waals surface area contributed by atoms with Crippen molar-refractivity contribution >= 4 is 27.4 Å². The van der Waals surface area contributed by atoms with Crippen LogP contribution in [0.25, 0.3) is 5.57 Å². The van der Waals surface area contributed by atoms with Crippen molar-refractivity contribution < 1.29 is 30.1 Å². The molecule has 1 heterocycles. The molecular weight excluding hydrogens is 394 g/mol. The molecule has 0 radical (unpaired) electrons. The van der Waals surface area contributed by atoms with Gasteiger partial charge in [0.15, 0.2) is 0 Å². The number of carbonyl (C=O) groups is 1. The summed E-state index contributed by atoms with van der Waals surface area (Å²) in [5.74, 6) is -1.55. The van der Waals surface area contributed by atoms with Crippen molar-refractivity contribution in [3.63, 3.8) is 0 Å². The van der Waals surface area contributed by atoms with E-state index in [9.17, 15) is 20.1 Å². The van der Waals surface area contributed by atoms with Gasteiger partial charge in [-0.1, -0.05) is 28.1 Å². The molecule has 1 unspecified atom stereocenters. The maximum Gasteiger partial charge on any atom is 0.246 e. The number of rotatable bonds is 3. The smallest absolute Gasteiger partial charge is 0.246 e. The molecule has 0 spiro atoms. The Labute approximate surface area is 150 Å². The van der Waals surface area contributed by atoms with Gasteiger partial charge in [0.1, 0.15) is 22.8 Å². The Morgan fingerprint density at radius 3 is 2.52 bits per heavy atom. The first-order valence-electron chi connectivity index (χ1n) is 7.20. The molecule has 5 N–H and O–H groups in total. The van der Waals surface area contributed by atoms with E-state index in [0.29, 0.717) is 5.56 Å². The zero-order chi connectivity index (χ0) is 18.2. The Kier molecular flexibility index (Phi) is 4.42. The fourth-order valence-electron chi connectivity index (χ4n) is 2.84. The largest absolute Gasteiger partial charge is 0.508 e. The summed E-state index contributed by atoms with van der Waals surface area (Å²) in [4.78, 5) is 11.8. The van der Waals surface area contributed by atoms with Crippen molar-refractivity contribution in [2.45, 2.75) is 12.0 Å². The monoisotopic (exact) mass is 407 g/mol. The number of carbonyl (C=O) groups excluding carboxylic acids is 1. The third kappa shape index (κ3) is 3.07. The summed E-state index contributed by atoms with van der Waals surface area (Å²) in [6.07, 6.45) is 0.676. The van der Waals surface area contributed by atoms with Crippen LogP contribution in [0, 0.1) is 0 Å². The second-order valence-electron chi connectivity index (χ2n) is 5.57. The Balaban J connectivity index is 2.20. The van der Waals surface area contributed by atoms with Gasteiger partial charge < -0.3 is 20.1 Å². The number of aromatic hydroxyl groups is 2. The minimum absolute atomic E-state index is 0.00611. The molecule has 1 aliphatic heterocycles. The van der Waals surface area contributed by atoms with Crippen LogP contribution in [0.2, 0.25) is 0 Å². The molecule has 0 aliphatic carbocycles. The van der Waals surface area contributed by atoms with E-state index in [1.165, 1.54) is 17.8 Å². The molecule has 1 amide bonds. The predicted octanol–water partition coefficient (Wildman–Crippen LogP) is 2.38. The summed E-state index contributed by atoms with van der Waals surface area (Å²) < 4.78 is 6.26. The van der Waals surface area contributed by atoms with Crippen LogP contribution in [0.3, 0.4) is 0 Å². The summed E-state index contributed by atoms with van der Waals surface area (Å²) in [6, 6.07) is 9.14. The molecule has 8 heteroatoms. The van der Waals surface area contributed by atoms with E-state index in [4.69, 9.17) is 9.94 Å². The van der Waals surface area contributed by atoms with E-state index in [1.807, 2.05) is 0 Å². The van der Waals surface area contributed by atoms with E-state index in [1.54, 1.807) is 24.3 Å². The average molecular weight is 408 g/mol. The number of phenols is 2. The highest BCUT2D eigenvalue weighted by molar-refractivity contribution is 9.10. The highest BCUT2D eigenvalue weighted by Crippen LogP contribution is 2.51. The molecule has 0 aromatic heterocycles. The molecule has 0 fully saturated rings. The van der Waals surface area contributed by atoms with Gasteiger partial charge in [0.05, 0.1) is 18.2 Å². The predicted molar refractivity (Wildman–Crippen MR) is 91.0 cm³/mol.